The molecule has 6 nitrogen and oxygen atoms in total. The molecule has 8 heteroatoms. The van der Waals surface area contributed by atoms with Crippen molar-refractivity contribution in [3.8, 4) is 0 Å². The molecule has 0 saturated carbocycles. The van der Waals surface area contributed by atoms with E-state index in [2.05, 4.69) is 31.9 Å². The van der Waals surface area contributed by atoms with Gasteiger partial charge in [-0.25, -0.2) is 0 Å². The van der Waals surface area contributed by atoms with Gasteiger partial charge in [0, 0.05) is 47.2 Å². The molecule has 8 rings (SSSR count). The number of halogens is 2. The fraction of sp³-hybridized carbons (Fsp3) is 0.163. The number of amides is 4. The van der Waals surface area contributed by atoms with E-state index in [1.807, 2.05) is 113 Å². The first-order chi connectivity index (χ1) is 24.4. The Morgan fingerprint density at radius 3 is 1.78 bits per heavy atom. The normalized spacial score (nSPS) is 14.2. The second-order valence-corrected chi connectivity index (χ2v) is 15.3. The molecule has 1 heterocycles. The van der Waals surface area contributed by atoms with E-state index in [4.69, 9.17) is 0 Å². The number of nitrogens with zero attached hydrogens (tertiary/aromatic N) is 2. The molecule has 0 spiro atoms. The Morgan fingerprint density at radius 2 is 1.18 bits per heavy atom. The molecule has 252 valence electrons. The number of benzene rings is 7. The standard InChI is InChI=1S/C43H32Br2N2O4/c1-21-6-11-26(12-7-21)24(4)46(20-48)41(49)31-18-33(44)37-29-16-17-30-36-32(43(51)47(42(30)50)25(5)27-13-8-22(2)9-14-27)19-34(45)38(40(29)36)28-15-10-23(3)35(31)39(28)37/h6-20,24-25H,1-5H3. The van der Waals surface area contributed by atoms with Crippen molar-refractivity contribution >= 4 is 99.1 Å². The topological polar surface area (TPSA) is 74.8 Å². The number of imide groups is 2. The molecule has 7 aromatic rings. The van der Waals surface area contributed by atoms with Crippen LogP contribution >= 0.6 is 31.9 Å². The van der Waals surface area contributed by atoms with E-state index in [1.165, 1.54) is 9.80 Å². The summed E-state index contributed by atoms with van der Waals surface area (Å²) in [6.45, 7) is 9.70. The van der Waals surface area contributed by atoms with Crippen LogP contribution in [-0.2, 0) is 4.79 Å². The van der Waals surface area contributed by atoms with Crippen LogP contribution in [0.2, 0.25) is 0 Å². The van der Waals surface area contributed by atoms with E-state index >= 15 is 0 Å². The third-order valence-corrected chi connectivity index (χ3v) is 11.9. The molecule has 0 N–H and O–H groups in total. The van der Waals surface area contributed by atoms with E-state index in [0.29, 0.717) is 37.4 Å². The van der Waals surface area contributed by atoms with E-state index < -0.39 is 18.0 Å². The van der Waals surface area contributed by atoms with Crippen molar-refractivity contribution in [2.24, 2.45) is 0 Å². The SMILES string of the molecule is Cc1ccc(C(C)N(C=O)C(=O)c2cc(Br)c3c4ccc5c6c(cc(Br)c(c7ccc(C)c2c73)c64)C(=O)N(C(C)c2ccc(C)cc2)C5=O)cc1. The third-order valence-electron chi connectivity index (χ3n) is 10.6. The van der Waals surface area contributed by atoms with Crippen molar-refractivity contribution < 1.29 is 19.2 Å². The first-order valence-electron chi connectivity index (χ1n) is 16.8. The molecule has 0 fully saturated rings. The van der Waals surface area contributed by atoms with Gasteiger partial charge in [-0.2, -0.15) is 0 Å². The minimum atomic E-state index is -0.491. The molecule has 2 unspecified atom stereocenters. The summed E-state index contributed by atoms with van der Waals surface area (Å²) in [5.41, 5.74) is 6.14. The number of carbonyl (C=O) groups is 4. The average molecular weight is 801 g/mol. The van der Waals surface area contributed by atoms with E-state index in [0.717, 1.165) is 65.5 Å². The van der Waals surface area contributed by atoms with Gasteiger partial charge in [-0.15, -0.1) is 0 Å². The summed E-state index contributed by atoms with van der Waals surface area (Å²) < 4.78 is 1.38. The highest BCUT2D eigenvalue weighted by Crippen LogP contribution is 2.50. The van der Waals surface area contributed by atoms with E-state index in [-0.39, 0.29) is 11.8 Å². The van der Waals surface area contributed by atoms with Gasteiger partial charge in [-0.1, -0.05) is 110 Å². The van der Waals surface area contributed by atoms with Crippen molar-refractivity contribution in [1.29, 1.82) is 0 Å². The van der Waals surface area contributed by atoms with Gasteiger partial charge in [0.1, 0.15) is 0 Å². The minimum Gasteiger partial charge on any atom is -0.278 e. The molecule has 0 radical (unpaired) electrons. The Bertz CT molecular complexity index is 2650. The summed E-state index contributed by atoms with van der Waals surface area (Å²) >= 11 is 7.66. The third kappa shape index (κ3) is 4.87. The molecule has 0 bridgehead atoms. The average Bonchev–Trinajstić information content (AvgIpc) is 3.11. The summed E-state index contributed by atoms with van der Waals surface area (Å²) in [4.78, 5) is 58.2. The zero-order valence-electron chi connectivity index (χ0n) is 28.6. The Labute approximate surface area is 311 Å². The molecule has 0 saturated heterocycles. The number of aryl methyl sites for hydroxylation is 3. The van der Waals surface area contributed by atoms with Crippen LogP contribution in [0.1, 0.15) is 84.8 Å². The summed E-state index contributed by atoms with van der Waals surface area (Å²) in [7, 11) is 0. The van der Waals surface area contributed by atoms with Crippen molar-refractivity contribution in [2.75, 3.05) is 0 Å². The van der Waals surface area contributed by atoms with E-state index in [1.54, 1.807) is 6.07 Å². The largest absolute Gasteiger partial charge is 0.278 e. The summed E-state index contributed by atoms with van der Waals surface area (Å²) in [5, 5.41) is 6.46. The molecular weight excluding hydrogens is 768 g/mol. The summed E-state index contributed by atoms with van der Waals surface area (Å²) in [6, 6.07) is 26.1. The van der Waals surface area contributed by atoms with Gasteiger partial charge in [0.15, 0.2) is 0 Å². The van der Waals surface area contributed by atoms with Crippen LogP contribution in [0.5, 0.6) is 0 Å². The van der Waals surface area contributed by atoms with Crippen LogP contribution in [0.25, 0.3) is 43.1 Å². The maximum absolute atomic E-state index is 14.4. The van der Waals surface area contributed by atoms with Gasteiger partial charge < -0.3 is 0 Å². The molecule has 51 heavy (non-hydrogen) atoms. The van der Waals surface area contributed by atoms with Crippen LogP contribution in [0.4, 0.5) is 0 Å². The molecule has 1 aliphatic rings. The second kappa shape index (κ2) is 12.1. The number of fused-ring (bicyclic) bond motifs is 2. The molecule has 0 aliphatic carbocycles. The molecule has 1 aliphatic heterocycles. The molecule has 0 aromatic heterocycles. The second-order valence-electron chi connectivity index (χ2n) is 13.6. The monoisotopic (exact) mass is 798 g/mol. The van der Waals surface area contributed by atoms with Crippen molar-refractivity contribution in [3.05, 3.63) is 138 Å². The first kappa shape index (κ1) is 33.2. The highest BCUT2D eigenvalue weighted by atomic mass is 79.9. The quantitative estimate of drug-likeness (QED) is 0.0727. The fourth-order valence-corrected chi connectivity index (χ4v) is 9.13. The lowest BCUT2D eigenvalue weighted by Gasteiger charge is -2.33. The van der Waals surface area contributed by atoms with Gasteiger partial charge in [0.05, 0.1) is 12.1 Å². The van der Waals surface area contributed by atoms with Crippen LogP contribution in [0, 0.1) is 20.8 Å². The minimum absolute atomic E-state index is 0.336. The predicted molar refractivity (Wildman–Crippen MR) is 210 cm³/mol. The molecule has 4 amide bonds. The predicted octanol–water partition coefficient (Wildman–Crippen LogP) is 10.9. The van der Waals surface area contributed by atoms with Crippen molar-refractivity contribution in [2.45, 2.75) is 46.7 Å². The lowest BCUT2D eigenvalue weighted by atomic mass is 9.83. The Morgan fingerprint density at radius 1 is 0.647 bits per heavy atom. The molecule has 7 aromatic carbocycles. The number of hydrogen-bond donors (Lipinski definition) is 0. The van der Waals surface area contributed by atoms with Gasteiger partial charge in [0.2, 0.25) is 6.41 Å². The summed E-state index contributed by atoms with van der Waals surface area (Å²) in [5.74, 6) is -1.09. The van der Waals surface area contributed by atoms with Crippen molar-refractivity contribution in [1.82, 2.24) is 9.80 Å². The number of carbonyl (C=O) groups excluding carboxylic acids is 4. The first-order valence-corrected chi connectivity index (χ1v) is 18.4. The fourth-order valence-electron chi connectivity index (χ4n) is 7.85. The highest BCUT2D eigenvalue weighted by molar-refractivity contribution is 9.11. The Kier molecular flexibility index (Phi) is 7.89. The number of hydrogen-bond acceptors (Lipinski definition) is 4. The van der Waals surface area contributed by atoms with E-state index in [9.17, 15) is 19.2 Å². The number of rotatable bonds is 6. The van der Waals surface area contributed by atoms with Gasteiger partial charge in [-0.05, 0) is 91.1 Å². The molecule has 2 atom stereocenters. The molecular formula is C43H32Br2N2O4. The van der Waals surface area contributed by atoms with Gasteiger partial charge in [-0.3, -0.25) is 29.0 Å². The van der Waals surface area contributed by atoms with Crippen LogP contribution in [0.3, 0.4) is 0 Å². The van der Waals surface area contributed by atoms with Crippen molar-refractivity contribution in [3.63, 3.8) is 0 Å². The Balaban J connectivity index is 1.36. The maximum Gasteiger partial charge on any atom is 0.262 e. The summed E-state index contributed by atoms with van der Waals surface area (Å²) in [6.07, 6.45) is 0.608. The van der Waals surface area contributed by atoms with Crippen LogP contribution < -0.4 is 0 Å². The highest BCUT2D eigenvalue weighted by Gasteiger charge is 2.38. The lowest BCUT2D eigenvalue weighted by Crippen LogP contribution is -2.42. The zero-order valence-corrected chi connectivity index (χ0v) is 31.8. The van der Waals surface area contributed by atoms with Gasteiger partial charge in [0.25, 0.3) is 17.7 Å². The Hall–Kier alpha value is -4.92. The van der Waals surface area contributed by atoms with Gasteiger partial charge >= 0.3 is 0 Å². The maximum atomic E-state index is 14.4. The zero-order chi connectivity index (χ0) is 36.0. The lowest BCUT2D eigenvalue weighted by molar-refractivity contribution is -0.117. The van der Waals surface area contributed by atoms with Crippen LogP contribution in [0.15, 0.2) is 93.9 Å². The smallest absolute Gasteiger partial charge is 0.262 e. The van der Waals surface area contributed by atoms with Crippen LogP contribution in [-0.4, -0.2) is 33.9 Å².